The Morgan fingerprint density at radius 1 is 1.40 bits per heavy atom. The van der Waals surface area contributed by atoms with Gasteiger partial charge in [0.1, 0.15) is 0 Å². The highest BCUT2D eigenvalue weighted by atomic mass is 32.2. The smallest absolute Gasteiger partial charge is 0.178 e. The largest absolute Gasteiger partial charge is 0.224 e. The number of benzene rings is 1. The fourth-order valence-electron chi connectivity index (χ4n) is 1.28. The molecule has 3 heteroatoms. The van der Waals surface area contributed by atoms with Gasteiger partial charge in [0.2, 0.25) is 0 Å². The van der Waals surface area contributed by atoms with Gasteiger partial charge in [0, 0.05) is 6.42 Å². The third kappa shape index (κ3) is 3.10. The highest BCUT2D eigenvalue weighted by molar-refractivity contribution is 7.91. The molecule has 0 aliphatic carbocycles. The van der Waals surface area contributed by atoms with Gasteiger partial charge in [-0.1, -0.05) is 19.1 Å². The molecule has 1 aromatic carbocycles. The second kappa shape index (κ2) is 4.99. The molecule has 0 N–H and O–H groups in total. The Bertz CT molecular complexity index is 467. The lowest BCUT2D eigenvalue weighted by atomic mass is 10.1. The van der Waals surface area contributed by atoms with Crippen LogP contribution in [-0.2, 0) is 16.3 Å². The van der Waals surface area contributed by atoms with Gasteiger partial charge in [-0.25, -0.2) is 8.42 Å². The SMILES string of the molecule is C#CCCc1cccc(S(=O)(=O)CC)c1. The zero-order chi connectivity index (χ0) is 11.3. The molecule has 0 aliphatic rings. The van der Waals surface area contributed by atoms with E-state index in [1.165, 1.54) is 0 Å². The molecule has 0 fully saturated rings. The first-order valence-electron chi connectivity index (χ1n) is 4.85. The Hall–Kier alpha value is -1.27. The van der Waals surface area contributed by atoms with Crippen LogP contribution in [0.25, 0.3) is 0 Å². The first-order valence-corrected chi connectivity index (χ1v) is 6.50. The third-order valence-corrected chi connectivity index (χ3v) is 3.93. The number of hydrogen-bond acceptors (Lipinski definition) is 2. The minimum Gasteiger partial charge on any atom is -0.224 e. The lowest BCUT2D eigenvalue weighted by molar-refractivity contribution is 0.597. The third-order valence-electron chi connectivity index (χ3n) is 2.20. The van der Waals surface area contributed by atoms with Crippen LogP contribution in [0.5, 0.6) is 0 Å². The molecule has 80 valence electrons. The molecule has 0 aliphatic heterocycles. The van der Waals surface area contributed by atoms with Crippen LogP contribution in [0.3, 0.4) is 0 Å². The minimum atomic E-state index is -3.10. The average molecular weight is 222 g/mol. The van der Waals surface area contributed by atoms with E-state index in [2.05, 4.69) is 5.92 Å². The van der Waals surface area contributed by atoms with Gasteiger partial charge in [-0.2, -0.15) is 0 Å². The van der Waals surface area contributed by atoms with E-state index >= 15 is 0 Å². The van der Waals surface area contributed by atoms with Gasteiger partial charge < -0.3 is 0 Å². The van der Waals surface area contributed by atoms with Crippen LogP contribution in [0, 0.1) is 12.3 Å². The molecule has 15 heavy (non-hydrogen) atoms. The molecule has 1 aromatic rings. The Morgan fingerprint density at radius 3 is 2.73 bits per heavy atom. The molecular weight excluding hydrogens is 208 g/mol. The Kier molecular flexibility index (Phi) is 3.93. The topological polar surface area (TPSA) is 34.1 Å². The summed E-state index contributed by atoms with van der Waals surface area (Å²) < 4.78 is 23.2. The summed E-state index contributed by atoms with van der Waals surface area (Å²) in [4.78, 5) is 0.388. The van der Waals surface area contributed by atoms with E-state index in [1.54, 1.807) is 25.1 Å². The van der Waals surface area contributed by atoms with E-state index in [0.717, 1.165) is 12.0 Å². The number of rotatable bonds is 4. The molecule has 0 bridgehead atoms. The molecule has 0 aromatic heterocycles. The van der Waals surface area contributed by atoms with Crippen molar-refractivity contribution in [3.05, 3.63) is 29.8 Å². The molecule has 1 rings (SSSR count). The van der Waals surface area contributed by atoms with Gasteiger partial charge in [-0.15, -0.1) is 12.3 Å². The molecule has 0 heterocycles. The van der Waals surface area contributed by atoms with Crippen LogP contribution in [0.2, 0.25) is 0 Å². The van der Waals surface area contributed by atoms with Crippen molar-refractivity contribution in [1.82, 2.24) is 0 Å². The van der Waals surface area contributed by atoms with Crippen molar-refractivity contribution in [3.63, 3.8) is 0 Å². The van der Waals surface area contributed by atoms with E-state index in [0.29, 0.717) is 11.3 Å². The van der Waals surface area contributed by atoms with E-state index in [1.807, 2.05) is 6.07 Å². The number of aryl methyl sites for hydroxylation is 1. The zero-order valence-electron chi connectivity index (χ0n) is 8.73. The first-order chi connectivity index (χ1) is 7.10. The van der Waals surface area contributed by atoms with Gasteiger partial charge in [-0.3, -0.25) is 0 Å². The van der Waals surface area contributed by atoms with E-state index in [9.17, 15) is 8.42 Å². The van der Waals surface area contributed by atoms with Gasteiger partial charge >= 0.3 is 0 Å². The predicted molar refractivity (Wildman–Crippen MR) is 61.3 cm³/mol. The van der Waals surface area contributed by atoms with Crippen LogP contribution in [0.1, 0.15) is 18.9 Å². The molecule has 0 amide bonds. The predicted octanol–water partition coefficient (Wildman–Crippen LogP) is 2.05. The van der Waals surface area contributed by atoms with Crippen molar-refractivity contribution in [2.24, 2.45) is 0 Å². The van der Waals surface area contributed by atoms with Crippen molar-refractivity contribution >= 4 is 9.84 Å². The van der Waals surface area contributed by atoms with Crippen molar-refractivity contribution in [2.45, 2.75) is 24.7 Å². The van der Waals surface area contributed by atoms with Gasteiger partial charge in [0.25, 0.3) is 0 Å². The molecule has 0 saturated carbocycles. The van der Waals surface area contributed by atoms with Crippen molar-refractivity contribution < 1.29 is 8.42 Å². The van der Waals surface area contributed by atoms with Crippen LogP contribution < -0.4 is 0 Å². The first kappa shape index (κ1) is 11.8. The maximum absolute atomic E-state index is 11.6. The standard InChI is InChI=1S/C12H14O2S/c1-3-5-7-11-8-6-9-12(10-11)15(13,14)4-2/h1,6,8-10H,4-5,7H2,2H3. The molecule has 0 saturated heterocycles. The lowest BCUT2D eigenvalue weighted by Gasteiger charge is -2.03. The Morgan fingerprint density at radius 2 is 2.13 bits per heavy atom. The molecule has 0 unspecified atom stereocenters. The molecule has 0 spiro atoms. The second-order valence-electron chi connectivity index (χ2n) is 3.25. The van der Waals surface area contributed by atoms with E-state index in [4.69, 9.17) is 6.42 Å². The summed E-state index contributed by atoms with van der Waals surface area (Å²) in [6.07, 6.45) is 6.52. The Balaban J connectivity index is 2.99. The van der Waals surface area contributed by atoms with Crippen LogP contribution in [0.15, 0.2) is 29.2 Å². The molecule has 2 nitrogen and oxygen atoms in total. The summed E-state index contributed by atoms with van der Waals surface area (Å²) in [6, 6.07) is 6.98. The second-order valence-corrected chi connectivity index (χ2v) is 5.53. The Labute approximate surface area is 91.2 Å². The summed E-state index contributed by atoms with van der Waals surface area (Å²) in [5.74, 6) is 2.67. The maximum atomic E-state index is 11.6. The van der Waals surface area contributed by atoms with Crippen molar-refractivity contribution in [1.29, 1.82) is 0 Å². The maximum Gasteiger partial charge on any atom is 0.178 e. The highest BCUT2D eigenvalue weighted by Crippen LogP contribution is 2.14. The number of terminal acetylenes is 1. The molecule has 0 atom stereocenters. The van der Waals surface area contributed by atoms with Crippen LogP contribution >= 0.6 is 0 Å². The summed E-state index contributed by atoms with van der Waals surface area (Å²) in [7, 11) is -3.10. The number of hydrogen-bond donors (Lipinski definition) is 0. The monoisotopic (exact) mass is 222 g/mol. The number of sulfone groups is 1. The van der Waals surface area contributed by atoms with Gasteiger partial charge in [-0.05, 0) is 24.1 Å². The van der Waals surface area contributed by atoms with Gasteiger partial charge in [0.05, 0.1) is 10.6 Å². The zero-order valence-corrected chi connectivity index (χ0v) is 9.55. The minimum absolute atomic E-state index is 0.131. The fourth-order valence-corrected chi connectivity index (χ4v) is 2.23. The van der Waals surface area contributed by atoms with Crippen molar-refractivity contribution in [2.75, 3.05) is 5.75 Å². The average Bonchev–Trinajstić information content (AvgIpc) is 2.27. The summed E-state index contributed by atoms with van der Waals surface area (Å²) in [5, 5.41) is 0. The normalized spacial score (nSPS) is 10.9. The fraction of sp³-hybridized carbons (Fsp3) is 0.333. The summed E-state index contributed by atoms with van der Waals surface area (Å²) >= 11 is 0. The van der Waals surface area contributed by atoms with Crippen molar-refractivity contribution in [3.8, 4) is 12.3 Å². The summed E-state index contributed by atoms with van der Waals surface area (Å²) in [5.41, 5.74) is 0.975. The summed E-state index contributed by atoms with van der Waals surface area (Å²) in [6.45, 7) is 1.64. The van der Waals surface area contributed by atoms with Gasteiger partial charge in [0.15, 0.2) is 9.84 Å². The molecule has 0 radical (unpaired) electrons. The van der Waals surface area contributed by atoms with E-state index in [-0.39, 0.29) is 5.75 Å². The van der Waals surface area contributed by atoms with Crippen LogP contribution in [-0.4, -0.2) is 14.2 Å². The van der Waals surface area contributed by atoms with E-state index < -0.39 is 9.84 Å². The quantitative estimate of drug-likeness (QED) is 0.731. The highest BCUT2D eigenvalue weighted by Gasteiger charge is 2.10. The molecular formula is C12H14O2S. The van der Waals surface area contributed by atoms with Crippen LogP contribution in [0.4, 0.5) is 0 Å². The lowest BCUT2D eigenvalue weighted by Crippen LogP contribution is -2.03.